The first-order chi connectivity index (χ1) is 13.6. The molecule has 28 heavy (non-hydrogen) atoms. The van der Waals surface area contributed by atoms with Crippen LogP contribution >= 0.6 is 11.6 Å². The van der Waals surface area contributed by atoms with E-state index in [2.05, 4.69) is 10.2 Å². The third-order valence-corrected chi connectivity index (χ3v) is 5.48. The second-order valence-electron chi connectivity index (χ2n) is 6.82. The van der Waals surface area contributed by atoms with Crippen LogP contribution in [0.2, 0.25) is 5.02 Å². The van der Waals surface area contributed by atoms with Crippen LogP contribution in [-0.2, 0) is 11.2 Å². The summed E-state index contributed by atoms with van der Waals surface area (Å²) in [5.74, 6) is 0.225. The number of hydrogen-bond acceptors (Lipinski definition) is 5. The second-order valence-corrected chi connectivity index (χ2v) is 7.20. The van der Waals surface area contributed by atoms with Gasteiger partial charge >= 0.3 is 5.97 Å². The molecule has 144 valence electrons. The number of aromatic amines is 1. The lowest BCUT2D eigenvalue weighted by atomic mass is 9.96. The number of methoxy groups -OCH3 is 1. The Morgan fingerprint density at radius 2 is 2.07 bits per heavy atom. The van der Waals surface area contributed by atoms with Gasteiger partial charge in [-0.05, 0) is 49.1 Å². The van der Waals surface area contributed by atoms with Crippen molar-refractivity contribution in [2.24, 2.45) is 0 Å². The predicted octanol–water partition coefficient (Wildman–Crippen LogP) is 3.89. The van der Waals surface area contributed by atoms with E-state index in [-0.39, 0.29) is 11.7 Å². The monoisotopic (exact) mass is 398 g/mol. The third kappa shape index (κ3) is 3.47. The molecule has 2 aromatic carbocycles. The first-order valence-corrected chi connectivity index (χ1v) is 9.48. The summed E-state index contributed by atoms with van der Waals surface area (Å²) in [7, 11) is 1.31. The Bertz CT molecular complexity index is 1110. The van der Waals surface area contributed by atoms with Crippen molar-refractivity contribution in [2.45, 2.75) is 31.8 Å². The summed E-state index contributed by atoms with van der Waals surface area (Å²) >= 11 is 6.42. The number of H-pyrrole nitrogens is 1. The standard InChI is InChI=1S/C21H19ClN2O4/c1-27-21(26)16-7-2-4-12(19(16)22)10-18-17-11-14(28-13-5-3-6-13)8-9-15(17)20(25)24-23-18/h2,4,7-9,11,13H,3,5-6,10H2,1H3,(H,24,25). The number of carbonyl (C=O) groups is 1. The highest BCUT2D eigenvalue weighted by Gasteiger charge is 2.20. The van der Waals surface area contributed by atoms with Crippen molar-refractivity contribution in [2.75, 3.05) is 7.11 Å². The summed E-state index contributed by atoms with van der Waals surface area (Å²) in [6.07, 6.45) is 3.87. The van der Waals surface area contributed by atoms with E-state index in [4.69, 9.17) is 21.1 Å². The van der Waals surface area contributed by atoms with Crippen molar-refractivity contribution in [1.82, 2.24) is 10.2 Å². The molecule has 1 heterocycles. The van der Waals surface area contributed by atoms with Gasteiger partial charge in [0, 0.05) is 11.8 Å². The van der Waals surface area contributed by atoms with Crippen molar-refractivity contribution in [3.63, 3.8) is 0 Å². The molecule has 0 saturated heterocycles. The van der Waals surface area contributed by atoms with Gasteiger partial charge in [0.2, 0.25) is 0 Å². The van der Waals surface area contributed by atoms with Crippen LogP contribution in [0.1, 0.15) is 40.9 Å². The molecule has 0 unspecified atom stereocenters. The zero-order chi connectivity index (χ0) is 19.7. The molecule has 1 aliphatic carbocycles. The summed E-state index contributed by atoms with van der Waals surface area (Å²) in [6, 6.07) is 10.6. The molecule has 3 aromatic rings. The van der Waals surface area contributed by atoms with Gasteiger partial charge in [-0.15, -0.1) is 0 Å². The van der Waals surface area contributed by atoms with E-state index in [1.54, 1.807) is 18.2 Å². The molecular formula is C21H19ClN2O4. The number of esters is 1. The molecule has 0 aliphatic heterocycles. The lowest BCUT2D eigenvalue weighted by Crippen LogP contribution is -2.24. The maximum absolute atomic E-state index is 12.2. The maximum atomic E-state index is 12.2. The number of carbonyl (C=O) groups excluding carboxylic acids is 1. The largest absolute Gasteiger partial charge is 0.490 e. The molecule has 1 fully saturated rings. The maximum Gasteiger partial charge on any atom is 0.339 e. The quantitative estimate of drug-likeness (QED) is 0.659. The van der Waals surface area contributed by atoms with Gasteiger partial charge in [-0.1, -0.05) is 23.7 Å². The van der Waals surface area contributed by atoms with E-state index < -0.39 is 5.97 Å². The number of rotatable bonds is 5. The van der Waals surface area contributed by atoms with Crippen molar-refractivity contribution >= 4 is 28.3 Å². The molecule has 1 aliphatic rings. The molecule has 0 bridgehead atoms. The third-order valence-electron chi connectivity index (χ3n) is 5.04. The van der Waals surface area contributed by atoms with Gasteiger partial charge in [0.05, 0.1) is 34.9 Å². The zero-order valence-corrected chi connectivity index (χ0v) is 16.1. The molecule has 1 saturated carbocycles. The summed E-state index contributed by atoms with van der Waals surface area (Å²) in [6.45, 7) is 0. The molecule has 0 radical (unpaired) electrons. The number of aromatic nitrogens is 2. The Labute approximate surface area is 166 Å². The van der Waals surface area contributed by atoms with E-state index in [1.165, 1.54) is 13.5 Å². The molecule has 1 aromatic heterocycles. The number of hydrogen-bond donors (Lipinski definition) is 1. The minimum Gasteiger partial charge on any atom is -0.490 e. The Kier molecular flexibility index (Phi) is 5.05. The Balaban J connectivity index is 1.74. The van der Waals surface area contributed by atoms with Crippen LogP contribution in [0.4, 0.5) is 0 Å². The summed E-state index contributed by atoms with van der Waals surface area (Å²) in [5.41, 5.74) is 1.40. The van der Waals surface area contributed by atoms with Crippen molar-refractivity contribution in [3.8, 4) is 5.75 Å². The number of ether oxygens (including phenoxy) is 2. The SMILES string of the molecule is COC(=O)c1cccc(Cc2n[nH]c(=O)c3ccc(OC4CCC4)cc23)c1Cl. The first kappa shape index (κ1) is 18.5. The summed E-state index contributed by atoms with van der Waals surface area (Å²) in [4.78, 5) is 24.1. The minimum absolute atomic E-state index is 0.238. The average molecular weight is 399 g/mol. The van der Waals surface area contributed by atoms with Crippen LogP contribution in [-0.4, -0.2) is 29.4 Å². The van der Waals surface area contributed by atoms with Gasteiger partial charge < -0.3 is 9.47 Å². The highest BCUT2D eigenvalue weighted by molar-refractivity contribution is 6.34. The van der Waals surface area contributed by atoms with Crippen LogP contribution in [0.5, 0.6) is 5.75 Å². The number of nitrogens with zero attached hydrogens (tertiary/aromatic N) is 1. The topological polar surface area (TPSA) is 81.3 Å². The lowest BCUT2D eigenvalue weighted by Gasteiger charge is -2.26. The Morgan fingerprint density at radius 3 is 2.79 bits per heavy atom. The zero-order valence-electron chi connectivity index (χ0n) is 15.3. The molecule has 0 amide bonds. The highest BCUT2D eigenvalue weighted by atomic mass is 35.5. The van der Waals surface area contributed by atoms with Crippen LogP contribution < -0.4 is 10.3 Å². The van der Waals surface area contributed by atoms with Crippen molar-refractivity contribution < 1.29 is 14.3 Å². The molecule has 0 spiro atoms. The van der Waals surface area contributed by atoms with Crippen molar-refractivity contribution in [3.05, 3.63) is 68.6 Å². The summed E-state index contributed by atoms with van der Waals surface area (Å²) in [5, 5.41) is 8.32. The highest BCUT2D eigenvalue weighted by Crippen LogP contribution is 2.29. The molecule has 4 rings (SSSR count). The predicted molar refractivity (Wildman–Crippen MR) is 106 cm³/mol. The van der Waals surface area contributed by atoms with E-state index in [0.29, 0.717) is 33.5 Å². The van der Waals surface area contributed by atoms with E-state index in [1.807, 2.05) is 18.2 Å². The Morgan fingerprint density at radius 1 is 1.25 bits per heavy atom. The van der Waals surface area contributed by atoms with E-state index in [0.717, 1.165) is 24.2 Å². The van der Waals surface area contributed by atoms with Crippen LogP contribution in [0.3, 0.4) is 0 Å². The van der Waals surface area contributed by atoms with Gasteiger partial charge in [-0.2, -0.15) is 5.10 Å². The molecular weight excluding hydrogens is 380 g/mol. The second kappa shape index (κ2) is 7.64. The van der Waals surface area contributed by atoms with Crippen molar-refractivity contribution in [1.29, 1.82) is 0 Å². The van der Waals surface area contributed by atoms with Gasteiger partial charge in [0.25, 0.3) is 5.56 Å². The number of halogens is 1. The average Bonchev–Trinajstić information content (AvgIpc) is 2.68. The molecule has 7 heteroatoms. The fraction of sp³-hybridized carbons (Fsp3) is 0.286. The summed E-state index contributed by atoms with van der Waals surface area (Å²) < 4.78 is 10.7. The van der Waals surface area contributed by atoms with E-state index >= 15 is 0 Å². The Hall–Kier alpha value is -2.86. The first-order valence-electron chi connectivity index (χ1n) is 9.10. The van der Waals surface area contributed by atoms with E-state index in [9.17, 15) is 9.59 Å². The molecule has 1 N–H and O–H groups in total. The van der Waals surface area contributed by atoms with Gasteiger partial charge in [-0.3, -0.25) is 4.79 Å². The number of nitrogens with one attached hydrogen (secondary N) is 1. The smallest absolute Gasteiger partial charge is 0.339 e. The van der Waals surface area contributed by atoms with Crippen LogP contribution in [0, 0.1) is 0 Å². The molecule has 6 nitrogen and oxygen atoms in total. The minimum atomic E-state index is -0.498. The van der Waals surface area contributed by atoms with Gasteiger partial charge in [0.1, 0.15) is 5.75 Å². The van der Waals surface area contributed by atoms with Gasteiger partial charge in [0.15, 0.2) is 0 Å². The lowest BCUT2D eigenvalue weighted by molar-refractivity contribution is 0.0601. The normalized spacial score (nSPS) is 13.9. The number of fused-ring (bicyclic) bond motifs is 1. The van der Waals surface area contributed by atoms with Crippen LogP contribution in [0.25, 0.3) is 10.8 Å². The molecule has 0 atom stereocenters. The van der Waals surface area contributed by atoms with Gasteiger partial charge in [-0.25, -0.2) is 9.89 Å². The number of benzene rings is 2. The fourth-order valence-electron chi connectivity index (χ4n) is 3.25. The van der Waals surface area contributed by atoms with Crippen LogP contribution in [0.15, 0.2) is 41.2 Å². The fourth-order valence-corrected chi connectivity index (χ4v) is 3.52.